The van der Waals surface area contributed by atoms with Crippen molar-refractivity contribution >= 4 is 34.2 Å². The molecule has 0 spiro atoms. The van der Waals surface area contributed by atoms with Crippen molar-refractivity contribution in [1.29, 1.82) is 0 Å². The number of para-hydroxylation sites is 2. The summed E-state index contributed by atoms with van der Waals surface area (Å²) in [5.41, 5.74) is 2.12. The second-order valence-corrected chi connectivity index (χ2v) is 3.37. The lowest BCUT2D eigenvalue weighted by Gasteiger charge is -1.99. The van der Waals surface area contributed by atoms with Crippen LogP contribution in [0.2, 0.25) is 0 Å². The van der Waals surface area contributed by atoms with Crippen molar-refractivity contribution in [3.05, 3.63) is 54.6 Å². The summed E-state index contributed by atoms with van der Waals surface area (Å²) >= 11 is 0. The van der Waals surface area contributed by atoms with Crippen LogP contribution in [-0.2, 0) is 0 Å². The third-order valence-corrected chi connectivity index (χ3v) is 2.43. The maximum atomic E-state index is 4.58. The van der Waals surface area contributed by atoms with Crippen molar-refractivity contribution in [2.45, 2.75) is 0 Å². The van der Waals surface area contributed by atoms with E-state index in [9.17, 15) is 0 Å². The van der Waals surface area contributed by atoms with Crippen LogP contribution < -0.4 is 0 Å². The molecule has 0 amide bonds. The Morgan fingerprint density at radius 1 is 0.667 bits per heavy atom. The van der Waals surface area contributed by atoms with E-state index in [1.54, 1.807) is 0 Å². The number of hydrogen-bond donors (Lipinski definition) is 0. The second-order valence-electron chi connectivity index (χ2n) is 3.37. The molecule has 1 nitrogen and oxygen atoms in total. The van der Waals surface area contributed by atoms with Gasteiger partial charge in [0.2, 0.25) is 0 Å². The summed E-state index contributed by atoms with van der Waals surface area (Å²) in [6.45, 7) is 0. The average molecular weight is 216 g/mol. The van der Waals surface area contributed by atoms with Crippen molar-refractivity contribution in [2.75, 3.05) is 0 Å². The summed E-state index contributed by atoms with van der Waals surface area (Å²) in [5.74, 6) is 0. The molecular formula is C13H10ClN. The summed E-state index contributed by atoms with van der Waals surface area (Å²) in [6, 6.07) is 18.6. The van der Waals surface area contributed by atoms with Crippen molar-refractivity contribution in [3.8, 4) is 0 Å². The predicted molar refractivity (Wildman–Crippen MR) is 66.5 cm³/mol. The average Bonchev–Trinajstić information content (AvgIpc) is 2.26. The smallest absolute Gasteiger partial charge is 0.0709 e. The number of nitrogens with zero attached hydrogens (tertiary/aromatic N) is 1. The quantitative estimate of drug-likeness (QED) is 0.520. The van der Waals surface area contributed by atoms with Gasteiger partial charge in [0.25, 0.3) is 0 Å². The minimum Gasteiger partial charge on any atom is -0.248 e. The van der Waals surface area contributed by atoms with Gasteiger partial charge in [-0.3, -0.25) is 0 Å². The molecule has 1 heterocycles. The minimum absolute atomic E-state index is 0. The summed E-state index contributed by atoms with van der Waals surface area (Å²) in [7, 11) is 0. The Kier molecular flexibility index (Phi) is 2.57. The Bertz CT molecular complexity index is 499. The second kappa shape index (κ2) is 3.87. The molecule has 3 rings (SSSR count). The fourth-order valence-corrected chi connectivity index (χ4v) is 1.72. The number of hydrogen-bond acceptors (Lipinski definition) is 1. The molecule has 0 N–H and O–H groups in total. The zero-order chi connectivity index (χ0) is 9.38. The van der Waals surface area contributed by atoms with Crippen molar-refractivity contribution in [2.24, 2.45) is 0 Å². The van der Waals surface area contributed by atoms with E-state index in [1.165, 1.54) is 10.8 Å². The van der Waals surface area contributed by atoms with Crippen LogP contribution in [0.3, 0.4) is 0 Å². The lowest BCUT2D eigenvalue weighted by Crippen LogP contribution is -1.80. The van der Waals surface area contributed by atoms with Gasteiger partial charge in [0, 0.05) is 10.8 Å². The minimum atomic E-state index is 0. The molecule has 74 valence electrons. The monoisotopic (exact) mass is 215 g/mol. The highest BCUT2D eigenvalue weighted by Gasteiger charge is 1.96. The van der Waals surface area contributed by atoms with Gasteiger partial charge in [-0.15, -0.1) is 12.4 Å². The van der Waals surface area contributed by atoms with E-state index >= 15 is 0 Å². The van der Waals surface area contributed by atoms with Crippen LogP contribution in [-0.4, -0.2) is 4.98 Å². The molecule has 0 aliphatic carbocycles. The topological polar surface area (TPSA) is 12.9 Å². The van der Waals surface area contributed by atoms with Crippen LogP contribution >= 0.6 is 12.4 Å². The van der Waals surface area contributed by atoms with Crippen LogP contribution in [0.5, 0.6) is 0 Å². The standard InChI is InChI=1S/C13H9N.ClH/c1-3-7-12-10(5-1)9-11-6-2-4-8-13(11)14-12;/h1-9H;1H. The van der Waals surface area contributed by atoms with Crippen molar-refractivity contribution < 1.29 is 0 Å². The molecule has 15 heavy (non-hydrogen) atoms. The van der Waals surface area contributed by atoms with Crippen molar-refractivity contribution in [3.63, 3.8) is 0 Å². The van der Waals surface area contributed by atoms with Crippen LogP contribution in [0.1, 0.15) is 0 Å². The van der Waals surface area contributed by atoms with Gasteiger partial charge in [-0.25, -0.2) is 4.98 Å². The summed E-state index contributed by atoms with van der Waals surface area (Å²) in [6.07, 6.45) is 0. The Balaban J connectivity index is 0.000000853. The number of pyridine rings is 1. The van der Waals surface area contributed by atoms with E-state index < -0.39 is 0 Å². The summed E-state index contributed by atoms with van der Waals surface area (Å²) in [5, 5.41) is 2.40. The van der Waals surface area contributed by atoms with Gasteiger partial charge >= 0.3 is 0 Å². The van der Waals surface area contributed by atoms with E-state index in [4.69, 9.17) is 0 Å². The zero-order valence-electron chi connectivity index (χ0n) is 8.05. The fraction of sp³-hybridized carbons (Fsp3) is 0. The molecule has 0 aliphatic heterocycles. The van der Waals surface area contributed by atoms with Crippen molar-refractivity contribution in [1.82, 2.24) is 4.98 Å². The van der Waals surface area contributed by atoms with Gasteiger partial charge in [0.15, 0.2) is 0 Å². The molecule has 0 saturated heterocycles. The SMILES string of the molecule is Cl.c1ccc2nc3ccccc3cc2c1. The number of fused-ring (bicyclic) bond motifs is 2. The van der Waals surface area contributed by atoms with Gasteiger partial charge < -0.3 is 0 Å². The molecule has 3 aromatic rings. The van der Waals surface area contributed by atoms with Crippen LogP contribution in [0.25, 0.3) is 21.8 Å². The van der Waals surface area contributed by atoms with Crippen LogP contribution in [0.15, 0.2) is 54.6 Å². The summed E-state index contributed by atoms with van der Waals surface area (Å²) in [4.78, 5) is 4.58. The molecule has 2 aromatic carbocycles. The van der Waals surface area contributed by atoms with Gasteiger partial charge in [0.1, 0.15) is 0 Å². The highest BCUT2D eigenvalue weighted by atomic mass is 35.5. The molecule has 2 heteroatoms. The normalized spacial score (nSPS) is 10.1. The molecule has 1 aromatic heterocycles. The number of aromatic nitrogens is 1. The van der Waals surface area contributed by atoms with Gasteiger partial charge in [-0.1, -0.05) is 36.4 Å². The Morgan fingerprint density at radius 3 is 1.67 bits per heavy atom. The first-order valence-electron chi connectivity index (χ1n) is 4.68. The first kappa shape index (κ1) is 9.94. The maximum absolute atomic E-state index is 4.58. The Morgan fingerprint density at radius 2 is 1.13 bits per heavy atom. The van der Waals surface area contributed by atoms with E-state index in [0.29, 0.717) is 0 Å². The molecule has 0 radical (unpaired) electrons. The Labute approximate surface area is 94.2 Å². The van der Waals surface area contributed by atoms with Gasteiger partial charge in [-0.2, -0.15) is 0 Å². The molecule has 0 aliphatic rings. The first-order valence-corrected chi connectivity index (χ1v) is 4.68. The van der Waals surface area contributed by atoms with Crippen LogP contribution in [0.4, 0.5) is 0 Å². The molecule has 0 atom stereocenters. The number of benzene rings is 2. The van der Waals surface area contributed by atoms with E-state index in [2.05, 4.69) is 23.2 Å². The third kappa shape index (κ3) is 1.66. The number of rotatable bonds is 0. The third-order valence-electron chi connectivity index (χ3n) is 2.43. The van der Waals surface area contributed by atoms with E-state index in [-0.39, 0.29) is 12.4 Å². The predicted octanol–water partition coefficient (Wildman–Crippen LogP) is 3.81. The lowest BCUT2D eigenvalue weighted by atomic mass is 10.1. The summed E-state index contributed by atoms with van der Waals surface area (Å²) < 4.78 is 0. The van der Waals surface area contributed by atoms with E-state index in [0.717, 1.165) is 11.0 Å². The van der Waals surface area contributed by atoms with Crippen LogP contribution in [0, 0.1) is 0 Å². The Hall–Kier alpha value is -1.60. The van der Waals surface area contributed by atoms with Gasteiger partial charge in [-0.05, 0) is 18.2 Å². The molecular weight excluding hydrogens is 206 g/mol. The molecule has 0 fully saturated rings. The first-order chi connectivity index (χ1) is 6.93. The number of halogens is 1. The van der Waals surface area contributed by atoms with E-state index in [1.807, 2.05) is 36.4 Å². The zero-order valence-corrected chi connectivity index (χ0v) is 8.87. The largest absolute Gasteiger partial charge is 0.248 e. The molecule has 0 unspecified atom stereocenters. The van der Waals surface area contributed by atoms with Gasteiger partial charge in [0.05, 0.1) is 11.0 Å². The maximum Gasteiger partial charge on any atom is 0.0709 e. The molecule has 0 saturated carbocycles. The fourth-order valence-electron chi connectivity index (χ4n) is 1.72. The highest BCUT2D eigenvalue weighted by molar-refractivity contribution is 5.92. The highest BCUT2D eigenvalue weighted by Crippen LogP contribution is 2.18. The molecule has 0 bridgehead atoms. The lowest BCUT2D eigenvalue weighted by molar-refractivity contribution is 1.50.